The molecule has 3 N–H and O–H groups in total. The number of benzene rings is 2. The Morgan fingerprint density at radius 3 is 2.49 bits per heavy atom. The quantitative estimate of drug-likeness (QED) is 0.465. The summed E-state index contributed by atoms with van der Waals surface area (Å²) in [5.41, 5.74) is 2.14. The predicted octanol–water partition coefficient (Wildman–Crippen LogP) is 2.68. The highest BCUT2D eigenvalue weighted by atomic mass is 32.2. The van der Waals surface area contributed by atoms with Gasteiger partial charge in [-0.15, -0.1) is 18.3 Å². The zero-order valence-corrected chi connectivity index (χ0v) is 21.2. The number of amides is 3. The van der Waals surface area contributed by atoms with E-state index in [-0.39, 0.29) is 30.7 Å². The van der Waals surface area contributed by atoms with Gasteiger partial charge in [0.1, 0.15) is 6.04 Å². The molecule has 0 aliphatic carbocycles. The highest BCUT2D eigenvalue weighted by Crippen LogP contribution is 2.39. The maximum Gasteiger partial charge on any atom is 0.254 e. The number of carbonyl (C=O) groups excluding carboxylic acids is 3. The highest BCUT2D eigenvalue weighted by molar-refractivity contribution is 8.00. The molecule has 1 heterocycles. The molecule has 2 aromatic carbocycles. The van der Waals surface area contributed by atoms with Gasteiger partial charge in [-0.1, -0.05) is 54.6 Å². The van der Waals surface area contributed by atoms with E-state index in [1.165, 1.54) is 16.7 Å². The van der Waals surface area contributed by atoms with E-state index in [1.807, 2.05) is 63.2 Å². The molecule has 0 bridgehead atoms. The largest absolute Gasteiger partial charge is 0.381 e. The number of thioether (sulfide) groups is 1. The number of aryl methyl sites for hydroxylation is 1. The summed E-state index contributed by atoms with van der Waals surface area (Å²) >= 11 is 1.47. The second-order valence-electron chi connectivity index (χ2n) is 9.15. The Morgan fingerprint density at radius 1 is 1.17 bits per heavy atom. The van der Waals surface area contributed by atoms with Crippen LogP contribution in [0.15, 0.2) is 67.3 Å². The lowest BCUT2D eigenvalue weighted by Gasteiger charge is -2.33. The van der Waals surface area contributed by atoms with Crippen LogP contribution in [0.25, 0.3) is 0 Å². The van der Waals surface area contributed by atoms with Crippen molar-refractivity contribution in [2.75, 3.05) is 12.4 Å². The van der Waals surface area contributed by atoms with Gasteiger partial charge in [0, 0.05) is 16.9 Å². The molecule has 186 valence electrons. The molecule has 0 aromatic heterocycles. The molecular formula is C27H33N3O4S. The van der Waals surface area contributed by atoms with E-state index in [9.17, 15) is 19.5 Å². The number of nitrogens with zero attached hydrogens (tertiary/aromatic N) is 1. The summed E-state index contributed by atoms with van der Waals surface area (Å²) in [6.07, 6.45) is 0.293. The van der Waals surface area contributed by atoms with Crippen molar-refractivity contribution in [3.8, 4) is 0 Å². The lowest BCUT2D eigenvalue weighted by atomic mass is 9.96. The third-order valence-corrected chi connectivity index (χ3v) is 7.51. The van der Waals surface area contributed by atoms with Gasteiger partial charge in [0.15, 0.2) is 6.10 Å². The Labute approximate surface area is 211 Å². The molecule has 3 amide bonds. The lowest BCUT2D eigenvalue weighted by Crippen LogP contribution is -2.58. The standard InChI is InChI=1S/C27H33N3O4S/c1-5-15-28-25(33)23-27(3,4)35-17-30(23)26(34)22(31)21(16-19-12-7-6-8-13-19)29-24(32)20-14-10-9-11-18(20)2/h5-14,21-23,31H,1,15-17H2,2-4H3,(H,28,33)(H,29,32)/t21-,22-,23+/m0/s1. The molecule has 0 unspecified atom stereocenters. The second kappa shape index (κ2) is 11.6. The van der Waals surface area contributed by atoms with Crippen LogP contribution in [0, 0.1) is 6.92 Å². The van der Waals surface area contributed by atoms with E-state index in [0.29, 0.717) is 5.56 Å². The third kappa shape index (κ3) is 6.32. The van der Waals surface area contributed by atoms with Crippen molar-refractivity contribution in [1.29, 1.82) is 0 Å². The van der Waals surface area contributed by atoms with Crippen molar-refractivity contribution in [1.82, 2.24) is 15.5 Å². The van der Waals surface area contributed by atoms with Crippen LogP contribution in [-0.4, -0.2) is 63.1 Å². The number of hydrogen-bond donors (Lipinski definition) is 3. The van der Waals surface area contributed by atoms with Crippen molar-refractivity contribution in [3.05, 3.63) is 83.9 Å². The zero-order chi connectivity index (χ0) is 25.6. The van der Waals surface area contributed by atoms with Crippen LogP contribution in [0.4, 0.5) is 0 Å². The molecular weight excluding hydrogens is 462 g/mol. The molecule has 8 heteroatoms. The first kappa shape index (κ1) is 26.5. The Balaban J connectivity index is 1.86. The van der Waals surface area contributed by atoms with E-state index in [1.54, 1.807) is 18.2 Å². The maximum absolute atomic E-state index is 13.5. The minimum Gasteiger partial charge on any atom is -0.381 e. The number of aliphatic hydroxyl groups excluding tert-OH is 1. The Hall–Kier alpha value is -3.10. The van der Waals surface area contributed by atoms with Crippen molar-refractivity contribution < 1.29 is 19.5 Å². The van der Waals surface area contributed by atoms with E-state index < -0.39 is 28.8 Å². The second-order valence-corrected chi connectivity index (χ2v) is 10.7. The van der Waals surface area contributed by atoms with Gasteiger partial charge in [-0.05, 0) is 44.4 Å². The first-order chi connectivity index (χ1) is 16.7. The Bertz CT molecular complexity index is 1070. The minimum atomic E-state index is -1.53. The highest BCUT2D eigenvalue weighted by Gasteiger charge is 2.49. The molecule has 1 aliphatic rings. The first-order valence-corrected chi connectivity index (χ1v) is 12.6. The predicted molar refractivity (Wildman–Crippen MR) is 139 cm³/mol. The smallest absolute Gasteiger partial charge is 0.254 e. The fourth-order valence-electron chi connectivity index (χ4n) is 4.21. The molecule has 2 aromatic rings. The van der Waals surface area contributed by atoms with Crippen LogP contribution >= 0.6 is 11.8 Å². The molecule has 3 atom stereocenters. The molecule has 7 nitrogen and oxygen atoms in total. The molecule has 35 heavy (non-hydrogen) atoms. The van der Waals surface area contributed by atoms with E-state index in [4.69, 9.17) is 0 Å². The monoisotopic (exact) mass is 495 g/mol. The molecule has 1 fully saturated rings. The number of carbonyl (C=O) groups is 3. The van der Waals surface area contributed by atoms with Crippen LogP contribution in [0.2, 0.25) is 0 Å². The van der Waals surface area contributed by atoms with E-state index in [2.05, 4.69) is 17.2 Å². The lowest BCUT2D eigenvalue weighted by molar-refractivity contribution is -0.147. The van der Waals surface area contributed by atoms with Crippen molar-refractivity contribution in [3.63, 3.8) is 0 Å². The fraction of sp³-hybridized carbons (Fsp3) is 0.370. The number of hydrogen-bond acceptors (Lipinski definition) is 5. The normalized spacial score (nSPS) is 18.4. The van der Waals surface area contributed by atoms with Gasteiger partial charge in [-0.25, -0.2) is 0 Å². The number of rotatable bonds is 9. The van der Waals surface area contributed by atoms with Gasteiger partial charge in [-0.3, -0.25) is 14.4 Å². The van der Waals surface area contributed by atoms with Crippen molar-refractivity contribution in [2.45, 2.75) is 50.1 Å². The molecule has 3 rings (SSSR count). The SMILES string of the molecule is C=CCNC(=O)[C@H]1N(C(=O)[C@@H](O)[C@H](Cc2ccccc2)NC(=O)c2ccccc2C)CSC1(C)C. The van der Waals surface area contributed by atoms with Crippen molar-refractivity contribution >= 4 is 29.5 Å². The number of aliphatic hydroxyl groups is 1. The zero-order valence-electron chi connectivity index (χ0n) is 20.4. The van der Waals surface area contributed by atoms with Gasteiger partial charge >= 0.3 is 0 Å². The number of nitrogens with one attached hydrogen (secondary N) is 2. The average Bonchev–Trinajstić information content (AvgIpc) is 3.16. The topological polar surface area (TPSA) is 98.7 Å². The van der Waals surface area contributed by atoms with Crippen LogP contribution in [0.3, 0.4) is 0 Å². The third-order valence-electron chi connectivity index (χ3n) is 6.14. The fourth-order valence-corrected chi connectivity index (χ4v) is 5.35. The molecule has 1 saturated heterocycles. The van der Waals surface area contributed by atoms with Gasteiger partial charge in [0.2, 0.25) is 5.91 Å². The summed E-state index contributed by atoms with van der Waals surface area (Å²) in [5, 5.41) is 16.9. The van der Waals surface area contributed by atoms with Crippen molar-refractivity contribution in [2.24, 2.45) is 0 Å². The summed E-state index contributed by atoms with van der Waals surface area (Å²) < 4.78 is -0.542. The summed E-state index contributed by atoms with van der Waals surface area (Å²) in [6, 6.07) is 14.9. The van der Waals surface area contributed by atoms with E-state index >= 15 is 0 Å². The van der Waals surface area contributed by atoms with E-state index in [0.717, 1.165) is 11.1 Å². The summed E-state index contributed by atoms with van der Waals surface area (Å²) in [4.78, 5) is 40.9. The summed E-state index contributed by atoms with van der Waals surface area (Å²) in [5.74, 6) is -0.997. The first-order valence-electron chi connectivity index (χ1n) is 11.6. The maximum atomic E-state index is 13.5. The summed E-state index contributed by atoms with van der Waals surface area (Å²) in [7, 11) is 0. The summed E-state index contributed by atoms with van der Waals surface area (Å²) in [6.45, 7) is 9.53. The average molecular weight is 496 g/mol. The van der Waals surface area contributed by atoms with Crippen LogP contribution in [-0.2, 0) is 16.0 Å². The Kier molecular flexibility index (Phi) is 8.75. The molecule has 0 saturated carbocycles. The molecule has 0 spiro atoms. The van der Waals surface area contributed by atoms with Gasteiger partial charge in [0.25, 0.3) is 11.8 Å². The molecule has 0 radical (unpaired) electrons. The van der Waals surface area contributed by atoms with Gasteiger partial charge in [-0.2, -0.15) is 0 Å². The van der Waals surface area contributed by atoms with Crippen LogP contribution in [0.1, 0.15) is 35.3 Å². The van der Waals surface area contributed by atoms with Gasteiger partial charge < -0.3 is 20.6 Å². The minimum absolute atomic E-state index is 0.253. The van der Waals surface area contributed by atoms with Crippen LogP contribution < -0.4 is 10.6 Å². The van der Waals surface area contributed by atoms with Crippen LogP contribution in [0.5, 0.6) is 0 Å². The molecule has 1 aliphatic heterocycles. The van der Waals surface area contributed by atoms with Gasteiger partial charge in [0.05, 0.1) is 11.9 Å². The Morgan fingerprint density at radius 2 is 1.83 bits per heavy atom.